The molecule has 5 amide bonds. The van der Waals surface area contributed by atoms with Gasteiger partial charge in [-0.05, 0) is 101 Å². The summed E-state index contributed by atoms with van der Waals surface area (Å²) < 4.78 is 12.4. The van der Waals surface area contributed by atoms with E-state index in [0.29, 0.717) is 35.2 Å². The van der Waals surface area contributed by atoms with Crippen LogP contribution in [0.15, 0.2) is 54.7 Å². The average Bonchev–Trinajstić information content (AvgIpc) is 3.44. The van der Waals surface area contributed by atoms with Crippen molar-refractivity contribution in [2.75, 3.05) is 26.2 Å². The number of carbonyl (C=O) groups is 5. The van der Waals surface area contributed by atoms with Gasteiger partial charge in [-0.3, -0.25) is 38.8 Å². The fraction of sp³-hybridized carbons (Fsp3) is 0.477. The molecule has 58 heavy (non-hydrogen) atoms. The van der Waals surface area contributed by atoms with Crippen LogP contribution in [0.1, 0.15) is 121 Å². The lowest BCUT2D eigenvalue weighted by molar-refractivity contribution is -0.216. The molecule has 0 spiro atoms. The lowest BCUT2D eigenvalue weighted by atomic mass is 9.48. The van der Waals surface area contributed by atoms with Gasteiger partial charge in [0.15, 0.2) is 0 Å². The molecule has 14 heteroatoms. The summed E-state index contributed by atoms with van der Waals surface area (Å²) >= 11 is 6.26. The summed E-state index contributed by atoms with van der Waals surface area (Å²) in [6.45, 7) is 11.1. The zero-order valence-electron chi connectivity index (χ0n) is 33.3. The van der Waals surface area contributed by atoms with E-state index in [1.807, 2.05) is 39.8 Å². The topological polar surface area (TPSA) is 176 Å². The Labute approximate surface area is 343 Å². The number of ether oxygens (including phenoxy) is 2. The number of nitrogens with zero attached hydrogens (tertiary/aromatic N) is 5. The summed E-state index contributed by atoms with van der Waals surface area (Å²) in [5.74, 6) is -1.23. The van der Waals surface area contributed by atoms with Gasteiger partial charge in [-0.15, -0.1) is 0 Å². The first-order valence-electron chi connectivity index (χ1n) is 20.0. The van der Waals surface area contributed by atoms with Crippen molar-refractivity contribution in [2.24, 2.45) is 16.6 Å². The van der Waals surface area contributed by atoms with Crippen LogP contribution >= 0.6 is 11.6 Å². The third-order valence-electron chi connectivity index (χ3n) is 12.4. The van der Waals surface area contributed by atoms with E-state index in [4.69, 9.17) is 26.8 Å². The molecule has 1 saturated carbocycles. The lowest BCUT2D eigenvalue weighted by Crippen LogP contribution is -2.77. The largest absolute Gasteiger partial charge is 0.494 e. The molecule has 2 saturated heterocycles. The minimum Gasteiger partial charge on any atom is -0.494 e. The van der Waals surface area contributed by atoms with Crippen LogP contribution in [0.3, 0.4) is 0 Å². The molecule has 4 aliphatic rings. The number of nitrogens with two attached hydrogens (primary N) is 1. The summed E-state index contributed by atoms with van der Waals surface area (Å²) in [5.41, 5.74) is 6.06. The molecule has 1 atom stereocenters. The molecule has 304 valence electrons. The fourth-order valence-corrected chi connectivity index (χ4v) is 10.0. The SMILES string of the molecule is CC1(C)C(Oc2ccc(C#N)c(Cl)c2)C(C)(C)C1N1C(=O)CCC(N2C(=O)c3ccc(OCCCCCN4CCC(c5ccc(C(N)=O)cn5)CC4)cc3C2=O)C1=O. The fourth-order valence-electron chi connectivity index (χ4n) is 9.83. The number of imide groups is 2. The molecule has 1 aliphatic carbocycles. The Morgan fingerprint density at radius 1 is 0.897 bits per heavy atom. The van der Waals surface area contributed by atoms with Crippen molar-refractivity contribution >= 4 is 41.1 Å². The lowest BCUT2D eigenvalue weighted by Gasteiger charge is -2.65. The minimum atomic E-state index is -1.13. The number of unbranched alkanes of at least 4 members (excludes halogenated alkanes) is 2. The van der Waals surface area contributed by atoms with Crippen molar-refractivity contribution in [3.63, 3.8) is 0 Å². The number of carbonyl (C=O) groups excluding carboxylic acids is 5. The molecule has 1 aromatic heterocycles. The number of aromatic nitrogens is 1. The van der Waals surface area contributed by atoms with Gasteiger partial charge >= 0.3 is 0 Å². The summed E-state index contributed by atoms with van der Waals surface area (Å²) in [7, 11) is 0. The predicted octanol–water partition coefficient (Wildman–Crippen LogP) is 6.13. The highest BCUT2D eigenvalue weighted by atomic mass is 35.5. The van der Waals surface area contributed by atoms with Crippen LogP contribution in [0.2, 0.25) is 5.02 Å². The van der Waals surface area contributed by atoms with Gasteiger partial charge in [0.05, 0.1) is 39.9 Å². The highest BCUT2D eigenvalue weighted by Crippen LogP contribution is 2.58. The Balaban J connectivity index is 0.907. The number of hydrogen-bond acceptors (Lipinski definition) is 10. The first kappa shape index (κ1) is 40.9. The number of rotatable bonds is 13. The molecule has 7 rings (SSSR count). The van der Waals surface area contributed by atoms with Crippen LogP contribution in [0, 0.1) is 22.2 Å². The van der Waals surface area contributed by atoms with Crippen molar-refractivity contribution in [2.45, 2.75) is 96.7 Å². The van der Waals surface area contributed by atoms with Gasteiger partial charge in [0, 0.05) is 41.1 Å². The van der Waals surface area contributed by atoms with Gasteiger partial charge < -0.3 is 20.1 Å². The van der Waals surface area contributed by atoms with Gasteiger partial charge in [0.2, 0.25) is 11.8 Å². The maximum Gasteiger partial charge on any atom is 0.262 e. The Morgan fingerprint density at radius 2 is 1.60 bits per heavy atom. The Morgan fingerprint density at radius 3 is 2.26 bits per heavy atom. The normalized spacial score (nSPS) is 23.0. The van der Waals surface area contributed by atoms with Crippen molar-refractivity contribution in [1.82, 2.24) is 19.7 Å². The van der Waals surface area contributed by atoms with Gasteiger partial charge in [-0.1, -0.05) is 39.3 Å². The summed E-state index contributed by atoms with van der Waals surface area (Å²) in [6.07, 6.45) is 6.01. The molecular weight excluding hydrogens is 760 g/mol. The van der Waals surface area contributed by atoms with Crippen LogP contribution in [0.4, 0.5) is 0 Å². The number of primary amides is 1. The molecule has 0 bridgehead atoms. The molecular formula is C44H49ClN6O7. The zero-order chi connectivity index (χ0) is 41.5. The van der Waals surface area contributed by atoms with Crippen molar-refractivity contribution in [1.29, 1.82) is 5.26 Å². The minimum absolute atomic E-state index is 0.00140. The number of nitriles is 1. The third-order valence-corrected chi connectivity index (χ3v) is 12.7. The highest BCUT2D eigenvalue weighted by molar-refractivity contribution is 6.31. The molecule has 3 fully saturated rings. The van der Waals surface area contributed by atoms with Gasteiger partial charge in [0.25, 0.3) is 17.7 Å². The van der Waals surface area contributed by atoms with E-state index in [1.54, 1.807) is 48.7 Å². The number of benzene rings is 2. The second-order valence-corrected chi connectivity index (χ2v) is 17.4. The summed E-state index contributed by atoms with van der Waals surface area (Å²) in [6, 6.07) is 13.6. The van der Waals surface area contributed by atoms with Crippen molar-refractivity contribution in [3.05, 3.63) is 87.7 Å². The monoisotopic (exact) mass is 808 g/mol. The maximum absolute atomic E-state index is 14.3. The van der Waals surface area contributed by atoms with E-state index in [9.17, 15) is 29.2 Å². The van der Waals surface area contributed by atoms with Crippen molar-refractivity contribution in [3.8, 4) is 17.6 Å². The van der Waals surface area contributed by atoms with Gasteiger partial charge in [-0.25, -0.2) is 0 Å². The van der Waals surface area contributed by atoms with Crippen molar-refractivity contribution < 1.29 is 33.4 Å². The highest BCUT2D eigenvalue weighted by Gasteiger charge is 2.68. The van der Waals surface area contributed by atoms with Crippen LogP contribution in [-0.2, 0) is 9.59 Å². The molecule has 13 nitrogen and oxygen atoms in total. The summed E-state index contributed by atoms with van der Waals surface area (Å²) in [4.78, 5) is 75.9. The Kier molecular flexibility index (Phi) is 11.4. The number of pyridine rings is 1. The molecule has 1 unspecified atom stereocenters. The maximum atomic E-state index is 14.3. The van der Waals surface area contributed by atoms with E-state index in [1.165, 1.54) is 4.90 Å². The molecule has 4 heterocycles. The molecule has 3 aromatic rings. The number of fused-ring (bicyclic) bond motifs is 1. The second kappa shape index (κ2) is 16.1. The van der Waals surface area contributed by atoms with Gasteiger partial charge in [0.1, 0.15) is 29.7 Å². The Bertz CT molecular complexity index is 2160. The second-order valence-electron chi connectivity index (χ2n) is 17.0. The quantitative estimate of drug-likeness (QED) is 0.156. The number of likely N-dealkylation sites (tertiary alicyclic amines) is 2. The van der Waals surface area contributed by atoms with Crippen LogP contribution < -0.4 is 15.2 Å². The Hall–Kier alpha value is -5.32. The standard InChI is InChI=1S/C44H49ClN6O7/c1-43(2)41(44(3,4)42(43)58-30-10-8-27(24-46)33(45)23-30)51-36(52)15-14-35(40(51)56)50-38(54)31-12-11-29(22-32(31)39(50)55)57-21-7-5-6-18-49-19-16-26(17-20-49)34-13-9-28(25-48-34)37(47)53/h8-13,22-23,25-26,35,41-42H,5-7,14-21H2,1-4H3,(H2,47,53). The molecule has 0 radical (unpaired) electrons. The zero-order valence-corrected chi connectivity index (χ0v) is 34.1. The van der Waals surface area contributed by atoms with Crippen LogP contribution in [0.5, 0.6) is 11.5 Å². The molecule has 3 aliphatic heterocycles. The van der Waals surface area contributed by atoms with E-state index >= 15 is 0 Å². The van der Waals surface area contributed by atoms with Gasteiger partial charge in [-0.2, -0.15) is 5.26 Å². The first-order chi connectivity index (χ1) is 27.6. The molecule has 2 N–H and O–H groups in total. The van der Waals surface area contributed by atoms with E-state index < -0.39 is 52.6 Å². The number of piperidine rings is 2. The van der Waals surface area contributed by atoms with E-state index in [-0.39, 0.29) is 34.9 Å². The van der Waals surface area contributed by atoms with Crippen LogP contribution in [-0.4, -0.2) is 93.6 Å². The smallest absolute Gasteiger partial charge is 0.262 e. The predicted molar refractivity (Wildman–Crippen MR) is 214 cm³/mol. The van der Waals surface area contributed by atoms with E-state index in [2.05, 4.69) is 9.88 Å². The van der Waals surface area contributed by atoms with Crippen LogP contribution in [0.25, 0.3) is 0 Å². The number of hydrogen-bond donors (Lipinski definition) is 1. The molecule has 2 aromatic carbocycles. The third kappa shape index (κ3) is 7.55. The number of amides is 5. The average molecular weight is 809 g/mol. The van der Waals surface area contributed by atoms with E-state index in [0.717, 1.165) is 62.3 Å². The number of halogens is 1. The first-order valence-corrected chi connectivity index (χ1v) is 20.4. The summed E-state index contributed by atoms with van der Waals surface area (Å²) in [5, 5.41) is 9.52.